The number of likely N-dealkylation sites (N-methyl/N-ethyl adjacent to an activating group) is 1. The maximum absolute atomic E-state index is 12.4. The first-order valence-electron chi connectivity index (χ1n) is 8.83. The van der Waals surface area contributed by atoms with Crippen molar-refractivity contribution >= 4 is 14.2 Å². The van der Waals surface area contributed by atoms with Crippen molar-refractivity contribution in [3.8, 4) is 5.75 Å². The fraction of sp³-hybridized carbons (Fsp3) is 0.632. The Morgan fingerprint density at radius 2 is 1.62 bits per heavy atom. The summed E-state index contributed by atoms with van der Waals surface area (Å²) >= 11 is 0. The molecule has 0 bridgehead atoms. The van der Waals surface area contributed by atoms with Crippen LogP contribution in [0.5, 0.6) is 5.75 Å². The zero-order valence-corrected chi connectivity index (χ0v) is 17.1. The number of carbonyl (C=O) groups excluding carboxylic acids is 1. The Morgan fingerprint density at radius 3 is 2.12 bits per heavy atom. The third-order valence-corrected chi connectivity index (χ3v) is 9.67. The first kappa shape index (κ1) is 19.0. The molecule has 1 saturated heterocycles. The number of nitrogens with zero attached hydrogens (tertiary/aromatic N) is 2. The van der Waals surface area contributed by atoms with Crippen LogP contribution in [0, 0.1) is 0 Å². The lowest BCUT2D eigenvalue weighted by Gasteiger charge is -2.36. The average Bonchev–Trinajstić information content (AvgIpc) is 2.48. The third kappa shape index (κ3) is 4.83. The summed E-state index contributed by atoms with van der Waals surface area (Å²) in [6.07, 6.45) is 0.476. The molecule has 0 N–H and O–H groups in total. The quantitative estimate of drug-likeness (QED) is 0.782. The molecule has 4 nitrogen and oxygen atoms in total. The third-order valence-electron chi connectivity index (χ3n) is 5.31. The molecule has 0 radical (unpaired) electrons. The molecular weight excluding hydrogens is 316 g/mol. The van der Waals surface area contributed by atoms with E-state index in [4.69, 9.17) is 4.43 Å². The summed E-state index contributed by atoms with van der Waals surface area (Å²) < 4.78 is 6.29. The molecule has 0 aromatic heterocycles. The molecule has 0 spiro atoms. The van der Waals surface area contributed by atoms with Crippen molar-refractivity contribution in [3.05, 3.63) is 29.8 Å². The van der Waals surface area contributed by atoms with Gasteiger partial charge in [0.15, 0.2) is 0 Å². The van der Waals surface area contributed by atoms with Crippen molar-refractivity contribution in [2.24, 2.45) is 0 Å². The van der Waals surface area contributed by atoms with Crippen molar-refractivity contribution < 1.29 is 9.22 Å². The summed E-state index contributed by atoms with van der Waals surface area (Å²) in [5.74, 6) is 1.14. The van der Waals surface area contributed by atoms with Gasteiger partial charge in [-0.15, -0.1) is 0 Å². The maximum Gasteiger partial charge on any atom is 0.250 e. The van der Waals surface area contributed by atoms with E-state index in [1.54, 1.807) is 0 Å². The predicted octanol–water partition coefficient (Wildman–Crippen LogP) is 3.39. The first-order chi connectivity index (χ1) is 11.1. The van der Waals surface area contributed by atoms with Crippen molar-refractivity contribution in [2.75, 3.05) is 33.2 Å². The number of hydrogen-bond donors (Lipinski definition) is 0. The molecule has 134 valence electrons. The van der Waals surface area contributed by atoms with E-state index in [2.05, 4.69) is 45.8 Å². The molecule has 1 aliphatic rings. The number of hydrogen-bond acceptors (Lipinski definition) is 3. The van der Waals surface area contributed by atoms with E-state index < -0.39 is 8.32 Å². The normalized spacial score (nSPS) is 17.0. The monoisotopic (exact) mass is 348 g/mol. The largest absolute Gasteiger partial charge is 0.544 e. The van der Waals surface area contributed by atoms with E-state index in [-0.39, 0.29) is 10.9 Å². The number of amides is 1. The Labute approximate surface area is 147 Å². The van der Waals surface area contributed by atoms with Crippen molar-refractivity contribution in [1.82, 2.24) is 9.80 Å². The zero-order valence-electron chi connectivity index (χ0n) is 16.1. The summed E-state index contributed by atoms with van der Waals surface area (Å²) in [4.78, 5) is 16.6. The molecule has 24 heavy (non-hydrogen) atoms. The van der Waals surface area contributed by atoms with Crippen molar-refractivity contribution in [1.29, 1.82) is 0 Å². The minimum atomic E-state index is -1.81. The Bertz CT molecular complexity index is 556. The fourth-order valence-electron chi connectivity index (χ4n) is 2.47. The fourth-order valence-corrected chi connectivity index (χ4v) is 3.50. The highest BCUT2D eigenvalue weighted by Gasteiger charge is 2.38. The van der Waals surface area contributed by atoms with E-state index in [0.29, 0.717) is 6.42 Å². The van der Waals surface area contributed by atoms with Gasteiger partial charge in [0.1, 0.15) is 5.75 Å². The van der Waals surface area contributed by atoms with Gasteiger partial charge in [-0.2, -0.15) is 0 Å². The highest BCUT2D eigenvalue weighted by molar-refractivity contribution is 6.74. The Hall–Kier alpha value is -1.33. The van der Waals surface area contributed by atoms with E-state index in [0.717, 1.165) is 37.5 Å². The molecule has 0 atom stereocenters. The van der Waals surface area contributed by atoms with Gasteiger partial charge in [0.25, 0.3) is 0 Å². The summed E-state index contributed by atoms with van der Waals surface area (Å²) in [5, 5.41) is 0.184. The molecule has 1 aromatic rings. The minimum Gasteiger partial charge on any atom is -0.544 e. The second kappa shape index (κ2) is 7.27. The Morgan fingerprint density at radius 1 is 1.08 bits per heavy atom. The van der Waals surface area contributed by atoms with Crippen LogP contribution in [0.3, 0.4) is 0 Å². The summed E-state index contributed by atoms with van der Waals surface area (Å²) in [6, 6.07) is 8.06. The van der Waals surface area contributed by atoms with Gasteiger partial charge in [-0.3, -0.25) is 4.79 Å². The van der Waals surface area contributed by atoms with E-state index in [1.165, 1.54) is 0 Å². The predicted molar refractivity (Wildman–Crippen MR) is 102 cm³/mol. The van der Waals surface area contributed by atoms with Crippen LogP contribution in [0.25, 0.3) is 0 Å². The van der Waals surface area contributed by atoms with Crippen LogP contribution in [-0.2, 0) is 11.2 Å². The molecule has 5 heteroatoms. The standard InChI is InChI=1S/C19H32N2O2Si/c1-19(2,3)24(5,6)23-17-9-7-16(8-10-17)15-18(22)21-13-11-20(4)12-14-21/h7-10H,11-15H2,1-6H3. The van der Waals surface area contributed by atoms with Gasteiger partial charge in [-0.25, -0.2) is 0 Å². The second-order valence-corrected chi connectivity index (χ2v) is 13.1. The lowest BCUT2D eigenvalue weighted by Crippen LogP contribution is -2.47. The smallest absolute Gasteiger partial charge is 0.250 e. The molecular formula is C19H32N2O2Si. The van der Waals surface area contributed by atoms with E-state index >= 15 is 0 Å². The van der Waals surface area contributed by atoms with Gasteiger partial charge in [-0.05, 0) is 42.9 Å². The molecule has 1 amide bonds. The average molecular weight is 349 g/mol. The maximum atomic E-state index is 12.4. The molecule has 0 saturated carbocycles. The SMILES string of the molecule is CN1CCN(C(=O)Cc2ccc(O[Si](C)(C)C(C)(C)C)cc2)CC1. The van der Waals surface area contributed by atoms with Gasteiger partial charge < -0.3 is 14.2 Å². The minimum absolute atomic E-state index is 0.184. The molecule has 0 unspecified atom stereocenters. The van der Waals surface area contributed by atoms with E-state index in [9.17, 15) is 4.79 Å². The van der Waals surface area contributed by atoms with Crippen LogP contribution in [0.1, 0.15) is 26.3 Å². The van der Waals surface area contributed by atoms with Gasteiger partial charge in [0, 0.05) is 26.2 Å². The molecule has 1 aliphatic heterocycles. The lowest BCUT2D eigenvalue weighted by molar-refractivity contribution is -0.132. The van der Waals surface area contributed by atoms with Crippen LogP contribution in [-0.4, -0.2) is 57.3 Å². The molecule has 1 aromatic carbocycles. The summed E-state index contributed by atoms with van der Waals surface area (Å²) in [6.45, 7) is 14.8. The molecule has 1 heterocycles. The number of carbonyl (C=O) groups is 1. The first-order valence-corrected chi connectivity index (χ1v) is 11.7. The Balaban J connectivity index is 1.93. The van der Waals surface area contributed by atoms with Crippen LogP contribution in [0.4, 0.5) is 0 Å². The number of rotatable bonds is 4. The summed E-state index contributed by atoms with van der Waals surface area (Å²) in [7, 11) is 0.292. The van der Waals surface area contributed by atoms with Crippen LogP contribution >= 0.6 is 0 Å². The van der Waals surface area contributed by atoms with Gasteiger partial charge in [0.2, 0.25) is 14.2 Å². The number of piperazine rings is 1. The van der Waals surface area contributed by atoms with E-state index in [1.807, 2.05) is 29.2 Å². The Kier molecular flexibility index (Phi) is 5.76. The zero-order chi connectivity index (χ0) is 18.0. The highest BCUT2D eigenvalue weighted by atomic mass is 28.4. The van der Waals surface area contributed by atoms with Crippen molar-refractivity contribution in [3.63, 3.8) is 0 Å². The van der Waals surface area contributed by atoms with Crippen LogP contribution in [0.15, 0.2) is 24.3 Å². The van der Waals surface area contributed by atoms with Crippen LogP contribution in [0.2, 0.25) is 18.1 Å². The lowest BCUT2D eigenvalue weighted by atomic mass is 10.1. The van der Waals surface area contributed by atoms with Crippen LogP contribution < -0.4 is 4.43 Å². The van der Waals surface area contributed by atoms with Gasteiger partial charge in [0.05, 0.1) is 6.42 Å². The topological polar surface area (TPSA) is 32.8 Å². The van der Waals surface area contributed by atoms with Crippen molar-refractivity contribution in [2.45, 2.75) is 45.3 Å². The molecule has 1 fully saturated rings. The second-order valence-electron chi connectivity index (χ2n) is 8.37. The number of benzene rings is 1. The van der Waals surface area contributed by atoms with Gasteiger partial charge in [-0.1, -0.05) is 32.9 Å². The molecule has 2 rings (SSSR count). The molecule has 0 aliphatic carbocycles. The van der Waals surface area contributed by atoms with Gasteiger partial charge >= 0.3 is 0 Å². The summed E-state index contributed by atoms with van der Waals surface area (Å²) in [5.41, 5.74) is 1.06. The highest BCUT2D eigenvalue weighted by Crippen LogP contribution is 2.37.